The van der Waals surface area contributed by atoms with Crippen molar-refractivity contribution < 1.29 is 19.1 Å². The molecule has 2 aromatic carbocycles. The standard InChI is InChI=1S/C22H15BrN2O4/c1-13-19(21(26)25(24-13)17-7-3-6-16(23)11-17)12-18-8-9-20(29-18)14-4-2-5-15(10-14)22(27)28/h2-12H,1H3,(H,27,28)/b19-12+. The van der Waals surface area contributed by atoms with Crippen LogP contribution in [0.25, 0.3) is 17.4 Å². The van der Waals surface area contributed by atoms with E-state index in [0.717, 1.165) is 4.47 Å². The molecule has 4 rings (SSSR count). The summed E-state index contributed by atoms with van der Waals surface area (Å²) in [4.78, 5) is 24.0. The number of nitrogens with zero attached hydrogens (tertiary/aromatic N) is 2. The highest BCUT2D eigenvalue weighted by Crippen LogP contribution is 2.29. The monoisotopic (exact) mass is 450 g/mol. The number of hydrogen-bond donors (Lipinski definition) is 1. The van der Waals surface area contributed by atoms with Gasteiger partial charge in [0.1, 0.15) is 11.5 Å². The molecule has 6 nitrogen and oxygen atoms in total. The van der Waals surface area contributed by atoms with Gasteiger partial charge in [0.2, 0.25) is 0 Å². The Bertz CT molecular complexity index is 1190. The minimum atomic E-state index is -1.00. The molecule has 3 aromatic rings. The predicted molar refractivity (Wildman–Crippen MR) is 114 cm³/mol. The van der Waals surface area contributed by atoms with E-state index >= 15 is 0 Å². The first-order valence-electron chi connectivity index (χ1n) is 8.73. The SMILES string of the molecule is CC1=NN(c2cccc(Br)c2)C(=O)/C1=C/c1ccc(-c2cccc(C(=O)O)c2)o1. The van der Waals surface area contributed by atoms with E-state index in [0.29, 0.717) is 34.1 Å². The summed E-state index contributed by atoms with van der Waals surface area (Å²) in [7, 11) is 0. The topological polar surface area (TPSA) is 83.1 Å². The first-order valence-corrected chi connectivity index (χ1v) is 9.52. The van der Waals surface area contributed by atoms with Gasteiger partial charge in [-0.2, -0.15) is 10.1 Å². The van der Waals surface area contributed by atoms with Crippen LogP contribution in [0.4, 0.5) is 5.69 Å². The fraction of sp³-hybridized carbons (Fsp3) is 0.0455. The van der Waals surface area contributed by atoms with E-state index < -0.39 is 5.97 Å². The van der Waals surface area contributed by atoms with Crippen molar-refractivity contribution in [3.05, 3.63) is 82.0 Å². The maximum atomic E-state index is 12.8. The molecular weight excluding hydrogens is 436 g/mol. The zero-order valence-corrected chi connectivity index (χ0v) is 16.9. The van der Waals surface area contributed by atoms with Gasteiger partial charge in [-0.3, -0.25) is 4.79 Å². The van der Waals surface area contributed by atoms with Crippen LogP contribution in [0, 0.1) is 0 Å². The average Bonchev–Trinajstić information content (AvgIpc) is 3.28. The number of carboxylic acid groups (broad SMARTS) is 1. The number of aromatic carboxylic acids is 1. The van der Waals surface area contributed by atoms with Crippen LogP contribution < -0.4 is 5.01 Å². The Morgan fingerprint density at radius 1 is 1.14 bits per heavy atom. The first kappa shape index (κ1) is 18.9. The number of furan rings is 1. The molecule has 1 aliphatic heterocycles. The Balaban J connectivity index is 1.62. The molecule has 1 aliphatic rings. The molecule has 0 radical (unpaired) electrons. The number of halogens is 1. The van der Waals surface area contributed by atoms with Crippen molar-refractivity contribution in [1.82, 2.24) is 0 Å². The fourth-order valence-electron chi connectivity index (χ4n) is 3.00. The van der Waals surface area contributed by atoms with Gasteiger partial charge in [0.15, 0.2) is 0 Å². The van der Waals surface area contributed by atoms with Gasteiger partial charge in [-0.25, -0.2) is 4.79 Å². The molecule has 144 valence electrons. The van der Waals surface area contributed by atoms with E-state index in [1.165, 1.54) is 11.1 Å². The Hall–Kier alpha value is -3.45. The van der Waals surface area contributed by atoms with E-state index in [1.54, 1.807) is 43.3 Å². The third-order valence-electron chi connectivity index (χ3n) is 4.42. The molecule has 0 spiro atoms. The van der Waals surface area contributed by atoms with Crippen LogP contribution in [0.2, 0.25) is 0 Å². The van der Waals surface area contributed by atoms with E-state index in [9.17, 15) is 9.59 Å². The minimum Gasteiger partial charge on any atom is -0.478 e. The number of carbonyl (C=O) groups excluding carboxylic acids is 1. The van der Waals surface area contributed by atoms with Crippen molar-refractivity contribution in [2.45, 2.75) is 6.92 Å². The van der Waals surface area contributed by atoms with Crippen molar-refractivity contribution >= 4 is 45.3 Å². The third-order valence-corrected chi connectivity index (χ3v) is 4.92. The molecule has 0 bridgehead atoms. The number of carboxylic acids is 1. The Morgan fingerprint density at radius 2 is 1.93 bits per heavy atom. The summed E-state index contributed by atoms with van der Waals surface area (Å²) < 4.78 is 6.67. The molecular formula is C22H15BrN2O4. The van der Waals surface area contributed by atoms with Crippen LogP contribution in [0.1, 0.15) is 23.0 Å². The third kappa shape index (κ3) is 3.77. The van der Waals surface area contributed by atoms with Crippen molar-refractivity contribution in [2.75, 3.05) is 5.01 Å². The average molecular weight is 451 g/mol. The van der Waals surface area contributed by atoms with Crippen molar-refractivity contribution in [3.8, 4) is 11.3 Å². The molecule has 29 heavy (non-hydrogen) atoms. The minimum absolute atomic E-state index is 0.178. The zero-order valence-electron chi connectivity index (χ0n) is 15.3. The van der Waals surface area contributed by atoms with Crippen molar-refractivity contribution in [1.29, 1.82) is 0 Å². The lowest BCUT2D eigenvalue weighted by Crippen LogP contribution is -2.21. The summed E-state index contributed by atoms with van der Waals surface area (Å²) in [5.41, 5.74) is 2.51. The highest BCUT2D eigenvalue weighted by atomic mass is 79.9. The van der Waals surface area contributed by atoms with Crippen LogP contribution in [0.3, 0.4) is 0 Å². The van der Waals surface area contributed by atoms with Gasteiger partial charge in [0.25, 0.3) is 5.91 Å². The van der Waals surface area contributed by atoms with Gasteiger partial charge in [-0.1, -0.05) is 34.1 Å². The van der Waals surface area contributed by atoms with E-state index in [4.69, 9.17) is 9.52 Å². The molecule has 0 saturated heterocycles. The molecule has 1 aromatic heterocycles. The van der Waals surface area contributed by atoms with Crippen LogP contribution in [0.15, 0.2) is 80.2 Å². The number of rotatable bonds is 4. The summed E-state index contributed by atoms with van der Waals surface area (Å²) in [6.07, 6.45) is 1.64. The van der Waals surface area contributed by atoms with Crippen LogP contribution >= 0.6 is 15.9 Å². The second-order valence-corrected chi connectivity index (χ2v) is 7.34. The predicted octanol–water partition coefficient (Wildman–Crippen LogP) is 5.21. The van der Waals surface area contributed by atoms with E-state index in [1.807, 2.05) is 24.3 Å². The highest BCUT2D eigenvalue weighted by Gasteiger charge is 2.29. The molecule has 2 heterocycles. The van der Waals surface area contributed by atoms with Crippen molar-refractivity contribution in [3.63, 3.8) is 0 Å². The lowest BCUT2D eigenvalue weighted by molar-refractivity contribution is -0.114. The maximum Gasteiger partial charge on any atom is 0.335 e. The van der Waals surface area contributed by atoms with Gasteiger partial charge in [0.05, 0.1) is 22.5 Å². The van der Waals surface area contributed by atoms with Gasteiger partial charge in [0, 0.05) is 10.0 Å². The lowest BCUT2D eigenvalue weighted by atomic mass is 10.1. The molecule has 0 atom stereocenters. The van der Waals surface area contributed by atoms with Gasteiger partial charge >= 0.3 is 5.97 Å². The molecule has 0 fully saturated rings. The summed E-state index contributed by atoms with van der Waals surface area (Å²) in [6.45, 7) is 1.77. The maximum absolute atomic E-state index is 12.8. The number of anilines is 1. The lowest BCUT2D eigenvalue weighted by Gasteiger charge is -2.11. The molecule has 0 unspecified atom stereocenters. The Kier molecular flexibility index (Phi) is 4.90. The number of hydrogen-bond acceptors (Lipinski definition) is 4. The quantitative estimate of drug-likeness (QED) is 0.552. The van der Waals surface area contributed by atoms with Crippen LogP contribution in [0.5, 0.6) is 0 Å². The van der Waals surface area contributed by atoms with E-state index in [2.05, 4.69) is 21.0 Å². The van der Waals surface area contributed by atoms with Gasteiger partial charge in [-0.15, -0.1) is 0 Å². The normalized spacial score (nSPS) is 15.1. The second kappa shape index (κ2) is 7.52. The van der Waals surface area contributed by atoms with Crippen LogP contribution in [-0.4, -0.2) is 22.7 Å². The Labute approximate surface area is 174 Å². The Morgan fingerprint density at radius 3 is 2.69 bits per heavy atom. The summed E-state index contributed by atoms with van der Waals surface area (Å²) in [5, 5.41) is 14.9. The number of carbonyl (C=O) groups is 2. The van der Waals surface area contributed by atoms with Gasteiger partial charge < -0.3 is 9.52 Å². The molecule has 1 amide bonds. The summed E-state index contributed by atoms with van der Waals surface area (Å²) in [6, 6.07) is 17.3. The fourth-order valence-corrected chi connectivity index (χ4v) is 3.39. The molecule has 0 aliphatic carbocycles. The smallest absolute Gasteiger partial charge is 0.335 e. The highest BCUT2D eigenvalue weighted by molar-refractivity contribution is 9.10. The van der Waals surface area contributed by atoms with E-state index in [-0.39, 0.29) is 11.5 Å². The summed E-state index contributed by atoms with van der Waals surface area (Å²) >= 11 is 3.40. The zero-order chi connectivity index (χ0) is 20.5. The second-order valence-electron chi connectivity index (χ2n) is 6.43. The van der Waals surface area contributed by atoms with Crippen LogP contribution in [-0.2, 0) is 4.79 Å². The van der Waals surface area contributed by atoms with Crippen molar-refractivity contribution in [2.24, 2.45) is 5.10 Å². The molecule has 1 N–H and O–H groups in total. The largest absolute Gasteiger partial charge is 0.478 e. The number of benzene rings is 2. The summed E-state index contributed by atoms with van der Waals surface area (Å²) in [5.74, 6) is -0.248. The number of amides is 1. The molecule has 0 saturated carbocycles. The number of hydrazone groups is 1. The molecule has 7 heteroatoms. The first-order chi connectivity index (χ1) is 13.9. The van der Waals surface area contributed by atoms with Gasteiger partial charge in [-0.05, 0) is 55.5 Å².